The van der Waals surface area contributed by atoms with Crippen molar-refractivity contribution in [3.8, 4) is 5.75 Å². The monoisotopic (exact) mass is 395 g/mol. The van der Waals surface area contributed by atoms with Gasteiger partial charge in [0, 0.05) is 64.6 Å². The fourth-order valence-corrected chi connectivity index (χ4v) is 4.30. The summed E-state index contributed by atoms with van der Waals surface area (Å²) in [6.07, 6.45) is 1.84. The number of anilines is 1. The minimum absolute atomic E-state index is 0.132. The number of likely N-dealkylation sites (tertiary alicyclic amines) is 1. The molecular formula is C22H29N5O2. The standard InChI is InChI=1S/C22H29N5O2/c1-15(28)27-10-7-17(13-27)21-24-20-8-9-26(14-19(20)22(23-2)25-21)12-16-5-4-6-18(11-16)29-3/h4-6,11,17H,7-10,12-14H2,1-3H3,(H,23,24,25). The van der Waals surface area contributed by atoms with Crippen molar-refractivity contribution in [2.24, 2.45) is 0 Å². The van der Waals surface area contributed by atoms with E-state index in [1.54, 1.807) is 14.0 Å². The Morgan fingerprint density at radius 2 is 2.17 bits per heavy atom. The van der Waals surface area contributed by atoms with E-state index in [-0.39, 0.29) is 11.8 Å². The second-order valence-electron chi connectivity index (χ2n) is 7.87. The Bertz CT molecular complexity index is 884. The number of fused-ring (bicyclic) bond motifs is 1. The van der Waals surface area contributed by atoms with Crippen LogP contribution in [0.3, 0.4) is 0 Å². The summed E-state index contributed by atoms with van der Waals surface area (Å²) in [6, 6.07) is 8.23. The number of aromatic nitrogens is 2. The fraction of sp³-hybridized carbons (Fsp3) is 0.500. The first-order chi connectivity index (χ1) is 14.1. The van der Waals surface area contributed by atoms with E-state index in [2.05, 4.69) is 22.3 Å². The van der Waals surface area contributed by atoms with Gasteiger partial charge in [-0.2, -0.15) is 0 Å². The molecule has 0 saturated carbocycles. The minimum Gasteiger partial charge on any atom is -0.497 e. The SMILES string of the molecule is CNc1nc(C2CCN(C(C)=O)C2)nc2c1CN(Cc1cccc(OC)c1)CC2. The van der Waals surface area contributed by atoms with Gasteiger partial charge in [-0.1, -0.05) is 12.1 Å². The molecule has 2 aliphatic heterocycles. The van der Waals surface area contributed by atoms with Gasteiger partial charge in [-0.15, -0.1) is 0 Å². The molecule has 7 heteroatoms. The average molecular weight is 396 g/mol. The highest BCUT2D eigenvalue weighted by Crippen LogP contribution is 2.30. The highest BCUT2D eigenvalue weighted by molar-refractivity contribution is 5.73. The quantitative estimate of drug-likeness (QED) is 0.838. The lowest BCUT2D eigenvalue weighted by Gasteiger charge is -2.30. The van der Waals surface area contributed by atoms with E-state index in [4.69, 9.17) is 14.7 Å². The van der Waals surface area contributed by atoms with Gasteiger partial charge in [-0.25, -0.2) is 9.97 Å². The summed E-state index contributed by atoms with van der Waals surface area (Å²) in [6.45, 7) is 5.81. The molecule has 1 fully saturated rings. The Morgan fingerprint density at radius 3 is 2.90 bits per heavy atom. The predicted molar refractivity (Wildman–Crippen MR) is 112 cm³/mol. The van der Waals surface area contributed by atoms with Crippen molar-refractivity contribution in [3.63, 3.8) is 0 Å². The number of carbonyl (C=O) groups is 1. The van der Waals surface area contributed by atoms with Gasteiger partial charge < -0.3 is 15.0 Å². The van der Waals surface area contributed by atoms with Crippen molar-refractivity contribution < 1.29 is 9.53 Å². The van der Waals surface area contributed by atoms with Gasteiger partial charge in [-0.05, 0) is 24.1 Å². The topological polar surface area (TPSA) is 70.6 Å². The lowest BCUT2D eigenvalue weighted by atomic mass is 10.0. The van der Waals surface area contributed by atoms with Crippen LogP contribution in [-0.2, 0) is 24.3 Å². The number of nitrogens with one attached hydrogen (secondary N) is 1. The van der Waals surface area contributed by atoms with Crippen LogP contribution in [0.5, 0.6) is 5.75 Å². The highest BCUT2D eigenvalue weighted by atomic mass is 16.5. The van der Waals surface area contributed by atoms with Crippen molar-refractivity contribution in [1.29, 1.82) is 0 Å². The van der Waals surface area contributed by atoms with Crippen molar-refractivity contribution >= 4 is 11.7 Å². The first kappa shape index (κ1) is 19.6. The number of methoxy groups -OCH3 is 1. The molecule has 154 valence electrons. The van der Waals surface area contributed by atoms with Crippen LogP contribution in [0, 0.1) is 0 Å². The van der Waals surface area contributed by atoms with E-state index < -0.39 is 0 Å². The highest BCUT2D eigenvalue weighted by Gasteiger charge is 2.30. The lowest BCUT2D eigenvalue weighted by molar-refractivity contribution is -0.127. The summed E-state index contributed by atoms with van der Waals surface area (Å²) < 4.78 is 5.35. The number of hydrogen-bond acceptors (Lipinski definition) is 6. The number of benzene rings is 1. The average Bonchev–Trinajstić information content (AvgIpc) is 3.24. The molecule has 4 rings (SSSR count). The van der Waals surface area contributed by atoms with Gasteiger partial charge >= 0.3 is 0 Å². The molecule has 29 heavy (non-hydrogen) atoms. The molecule has 7 nitrogen and oxygen atoms in total. The summed E-state index contributed by atoms with van der Waals surface area (Å²) in [7, 11) is 3.62. The van der Waals surface area contributed by atoms with E-state index in [1.807, 2.05) is 24.1 Å². The summed E-state index contributed by atoms with van der Waals surface area (Å²) in [5.41, 5.74) is 3.57. The van der Waals surface area contributed by atoms with Crippen LogP contribution in [0.2, 0.25) is 0 Å². The van der Waals surface area contributed by atoms with E-state index in [0.29, 0.717) is 0 Å². The molecule has 0 spiro atoms. The molecule has 1 N–H and O–H groups in total. The summed E-state index contributed by atoms with van der Waals surface area (Å²) >= 11 is 0. The predicted octanol–water partition coefficient (Wildman–Crippen LogP) is 2.42. The summed E-state index contributed by atoms with van der Waals surface area (Å²) in [5.74, 6) is 3.04. The second kappa shape index (κ2) is 8.37. The third kappa shape index (κ3) is 4.19. The third-order valence-corrected chi connectivity index (χ3v) is 5.93. The Hall–Kier alpha value is -2.67. The molecule has 1 aromatic carbocycles. The maximum absolute atomic E-state index is 11.7. The second-order valence-corrected chi connectivity index (χ2v) is 7.87. The Labute approximate surface area is 172 Å². The Kier molecular flexibility index (Phi) is 5.67. The number of rotatable bonds is 5. The number of hydrogen-bond donors (Lipinski definition) is 1. The van der Waals surface area contributed by atoms with Gasteiger partial charge in [0.1, 0.15) is 17.4 Å². The van der Waals surface area contributed by atoms with Gasteiger partial charge in [0.2, 0.25) is 5.91 Å². The van der Waals surface area contributed by atoms with Crippen molar-refractivity contribution in [2.45, 2.75) is 38.8 Å². The number of carbonyl (C=O) groups excluding carboxylic acids is 1. The zero-order valence-corrected chi connectivity index (χ0v) is 17.4. The normalized spacial score (nSPS) is 19.1. The molecule has 3 heterocycles. The van der Waals surface area contributed by atoms with Crippen LogP contribution >= 0.6 is 0 Å². The zero-order valence-electron chi connectivity index (χ0n) is 17.4. The molecule has 2 aromatic rings. The van der Waals surface area contributed by atoms with Crippen LogP contribution in [0.25, 0.3) is 0 Å². The molecule has 1 saturated heterocycles. The maximum Gasteiger partial charge on any atom is 0.219 e. The Balaban J connectivity index is 1.51. The molecule has 0 bridgehead atoms. The Morgan fingerprint density at radius 1 is 1.31 bits per heavy atom. The van der Waals surface area contributed by atoms with Crippen LogP contribution < -0.4 is 10.1 Å². The van der Waals surface area contributed by atoms with Gasteiger partial charge in [0.15, 0.2) is 0 Å². The first-order valence-electron chi connectivity index (χ1n) is 10.3. The third-order valence-electron chi connectivity index (χ3n) is 5.93. The van der Waals surface area contributed by atoms with Gasteiger partial charge in [0.25, 0.3) is 0 Å². The first-order valence-corrected chi connectivity index (χ1v) is 10.3. The van der Waals surface area contributed by atoms with Gasteiger partial charge in [-0.3, -0.25) is 9.69 Å². The van der Waals surface area contributed by atoms with E-state index in [9.17, 15) is 4.79 Å². The number of amides is 1. The molecule has 1 aromatic heterocycles. The van der Waals surface area contributed by atoms with Crippen molar-refractivity contribution in [1.82, 2.24) is 19.8 Å². The van der Waals surface area contributed by atoms with Crippen LogP contribution in [0.15, 0.2) is 24.3 Å². The molecule has 2 aliphatic rings. The van der Waals surface area contributed by atoms with Crippen molar-refractivity contribution in [2.75, 3.05) is 39.1 Å². The molecule has 1 amide bonds. The largest absolute Gasteiger partial charge is 0.497 e. The molecule has 0 radical (unpaired) electrons. The zero-order chi connectivity index (χ0) is 20.4. The van der Waals surface area contributed by atoms with Crippen LogP contribution in [0.1, 0.15) is 41.9 Å². The summed E-state index contributed by atoms with van der Waals surface area (Å²) in [4.78, 5) is 25.8. The lowest BCUT2D eigenvalue weighted by Crippen LogP contribution is -2.32. The van der Waals surface area contributed by atoms with Crippen LogP contribution in [-0.4, -0.2) is 59.5 Å². The van der Waals surface area contributed by atoms with Crippen molar-refractivity contribution in [3.05, 3.63) is 46.9 Å². The molecule has 1 unspecified atom stereocenters. The molecule has 1 atom stereocenters. The molecular weight excluding hydrogens is 366 g/mol. The smallest absolute Gasteiger partial charge is 0.219 e. The molecule has 0 aliphatic carbocycles. The minimum atomic E-state index is 0.132. The van der Waals surface area contributed by atoms with Gasteiger partial charge in [0.05, 0.1) is 12.8 Å². The maximum atomic E-state index is 11.7. The fourth-order valence-electron chi connectivity index (χ4n) is 4.30. The number of nitrogens with zero attached hydrogens (tertiary/aromatic N) is 4. The number of ether oxygens (including phenoxy) is 1. The van der Waals surface area contributed by atoms with E-state index >= 15 is 0 Å². The summed E-state index contributed by atoms with van der Waals surface area (Å²) in [5, 5.41) is 3.28. The van der Waals surface area contributed by atoms with E-state index in [0.717, 1.165) is 68.7 Å². The van der Waals surface area contributed by atoms with Crippen LogP contribution in [0.4, 0.5) is 5.82 Å². The van der Waals surface area contributed by atoms with E-state index in [1.165, 1.54) is 11.1 Å².